The van der Waals surface area contributed by atoms with Gasteiger partial charge in [0.15, 0.2) is 0 Å². The standard InChI is InChI=1S/C24H20ClNO4S/c1-13-4-9-18(30-3)17(12-13)21(27)19-20(23-14(2)10-11-31-23)26(24(29)22(19)28)16-7-5-15(25)6-8-16/h4-12,20,27H,1-3H3/b21-19+. The molecule has 1 saturated heterocycles. The molecule has 0 bridgehead atoms. The number of aliphatic hydroxyl groups excluding tert-OH is 1. The molecule has 4 rings (SSSR count). The van der Waals surface area contributed by atoms with Crippen LogP contribution in [0.5, 0.6) is 5.75 Å². The average Bonchev–Trinajstić information content (AvgIpc) is 3.29. The number of ether oxygens (including phenoxy) is 1. The van der Waals surface area contributed by atoms with Crippen LogP contribution in [0.25, 0.3) is 5.76 Å². The molecule has 5 nitrogen and oxygen atoms in total. The van der Waals surface area contributed by atoms with E-state index >= 15 is 0 Å². The molecule has 1 atom stereocenters. The van der Waals surface area contributed by atoms with Gasteiger partial charge in [-0.1, -0.05) is 23.2 Å². The van der Waals surface area contributed by atoms with Gasteiger partial charge >= 0.3 is 0 Å². The van der Waals surface area contributed by atoms with Crippen LogP contribution in [0, 0.1) is 13.8 Å². The summed E-state index contributed by atoms with van der Waals surface area (Å²) >= 11 is 7.45. The van der Waals surface area contributed by atoms with Gasteiger partial charge in [-0.25, -0.2) is 0 Å². The maximum absolute atomic E-state index is 13.2. The topological polar surface area (TPSA) is 66.8 Å². The van der Waals surface area contributed by atoms with E-state index < -0.39 is 17.7 Å². The minimum absolute atomic E-state index is 0.0365. The SMILES string of the molecule is COc1ccc(C)cc1/C(O)=C1\C(=O)C(=O)N(c2ccc(Cl)cc2)C1c1sccc1C. The highest BCUT2D eigenvalue weighted by Gasteiger charge is 2.48. The summed E-state index contributed by atoms with van der Waals surface area (Å²) in [5.74, 6) is -1.28. The second-order valence-electron chi connectivity index (χ2n) is 7.32. The number of aliphatic hydroxyl groups is 1. The Morgan fingerprint density at radius 1 is 1.10 bits per heavy atom. The van der Waals surface area contributed by atoms with Gasteiger partial charge < -0.3 is 9.84 Å². The summed E-state index contributed by atoms with van der Waals surface area (Å²) in [7, 11) is 1.49. The van der Waals surface area contributed by atoms with E-state index in [9.17, 15) is 14.7 Å². The molecule has 1 aliphatic rings. The molecule has 1 aromatic heterocycles. The van der Waals surface area contributed by atoms with E-state index in [1.54, 1.807) is 36.4 Å². The van der Waals surface area contributed by atoms with E-state index in [0.717, 1.165) is 16.0 Å². The van der Waals surface area contributed by atoms with Crippen molar-refractivity contribution in [1.82, 2.24) is 0 Å². The number of rotatable bonds is 4. The van der Waals surface area contributed by atoms with Gasteiger partial charge in [-0.2, -0.15) is 0 Å². The van der Waals surface area contributed by atoms with Crippen molar-refractivity contribution in [2.75, 3.05) is 12.0 Å². The van der Waals surface area contributed by atoms with E-state index in [1.165, 1.54) is 23.3 Å². The zero-order chi connectivity index (χ0) is 22.3. The van der Waals surface area contributed by atoms with Crippen molar-refractivity contribution < 1.29 is 19.4 Å². The molecule has 1 fully saturated rings. The number of anilines is 1. The Kier molecular flexibility index (Phi) is 5.60. The number of amides is 1. The van der Waals surface area contributed by atoms with Crippen molar-refractivity contribution in [3.8, 4) is 5.75 Å². The van der Waals surface area contributed by atoms with Crippen molar-refractivity contribution in [3.63, 3.8) is 0 Å². The Hall–Kier alpha value is -3.09. The second kappa shape index (κ2) is 8.21. The van der Waals surface area contributed by atoms with Crippen molar-refractivity contribution in [2.45, 2.75) is 19.9 Å². The molecule has 3 aromatic rings. The van der Waals surface area contributed by atoms with Crippen LogP contribution in [0.1, 0.15) is 27.6 Å². The average molecular weight is 454 g/mol. The minimum Gasteiger partial charge on any atom is -0.507 e. The lowest BCUT2D eigenvalue weighted by atomic mass is 9.97. The van der Waals surface area contributed by atoms with Crippen LogP contribution in [0.15, 0.2) is 59.5 Å². The molecule has 0 spiro atoms. The first-order valence-electron chi connectivity index (χ1n) is 9.59. The minimum atomic E-state index is -0.758. The third kappa shape index (κ3) is 3.62. The van der Waals surface area contributed by atoms with Gasteiger partial charge in [-0.05, 0) is 67.3 Å². The van der Waals surface area contributed by atoms with E-state index in [-0.39, 0.29) is 11.3 Å². The van der Waals surface area contributed by atoms with Gasteiger partial charge in [-0.3, -0.25) is 14.5 Å². The molecule has 1 aliphatic heterocycles. The Morgan fingerprint density at radius 2 is 1.81 bits per heavy atom. The molecule has 0 radical (unpaired) electrons. The summed E-state index contributed by atoms with van der Waals surface area (Å²) < 4.78 is 5.40. The monoisotopic (exact) mass is 453 g/mol. The Balaban J connectivity index is 1.98. The molecule has 2 aromatic carbocycles. The van der Waals surface area contributed by atoms with Gasteiger partial charge in [0, 0.05) is 15.6 Å². The fraction of sp³-hybridized carbons (Fsp3) is 0.167. The number of carbonyl (C=O) groups is 2. The van der Waals surface area contributed by atoms with Gasteiger partial charge in [0.1, 0.15) is 17.6 Å². The number of hydrogen-bond donors (Lipinski definition) is 1. The van der Waals surface area contributed by atoms with Crippen molar-refractivity contribution >= 4 is 46.1 Å². The zero-order valence-corrected chi connectivity index (χ0v) is 18.8. The summed E-state index contributed by atoms with van der Waals surface area (Å²) in [5, 5.41) is 13.7. The van der Waals surface area contributed by atoms with Crippen LogP contribution in [-0.2, 0) is 9.59 Å². The van der Waals surface area contributed by atoms with Crippen LogP contribution in [0.2, 0.25) is 5.02 Å². The Bertz CT molecular complexity index is 1210. The summed E-state index contributed by atoms with van der Waals surface area (Å²) in [4.78, 5) is 28.6. The fourth-order valence-electron chi connectivity index (χ4n) is 3.77. The first-order chi connectivity index (χ1) is 14.8. The highest BCUT2D eigenvalue weighted by atomic mass is 35.5. The lowest BCUT2D eigenvalue weighted by molar-refractivity contribution is -0.132. The van der Waals surface area contributed by atoms with Crippen molar-refractivity contribution in [1.29, 1.82) is 0 Å². The third-order valence-corrected chi connectivity index (χ3v) is 6.63. The van der Waals surface area contributed by atoms with Crippen LogP contribution in [0.3, 0.4) is 0 Å². The third-order valence-electron chi connectivity index (χ3n) is 5.31. The number of thiophene rings is 1. The van der Waals surface area contributed by atoms with Gasteiger partial charge in [-0.15, -0.1) is 11.3 Å². The zero-order valence-electron chi connectivity index (χ0n) is 17.2. The quantitative estimate of drug-likeness (QED) is 0.315. The summed E-state index contributed by atoms with van der Waals surface area (Å²) in [5.41, 5.74) is 2.75. The molecule has 1 amide bonds. The summed E-state index contributed by atoms with van der Waals surface area (Å²) in [6.07, 6.45) is 0. The van der Waals surface area contributed by atoms with Crippen LogP contribution >= 0.6 is 22.9 Å². The second-order valence-corrected chi connectivity index (χ2v) is 8.70. The normalized spacial score (nSPS) is 17.9. The van der Waals surface area contributed by atoms with Gasteiger partial charge in [0.25, 0.3) is 11.7 Å². The Morgan fingerprint density at radius 3 is 2.42 bits per heavy atom. The van der Waals surface area contributed by atoms with Crippen LogP contribution < -0.4 is 9.64 Å². The molecule has 7 heteroatoms. The molecular weight excluding hydrogens is 434 g/mol. The molecule has 1 unspecified atom stereocenters. The lowest BCUT2D eigenvalue weighted by Gasteiger charge is -2.25. The first-order valence-corrected chi connectivity index (χ1v) is 10.8. The number of ketones is 1. The van der Waals surface area contributed by atoms with E-state index in [4.69, 9.17) is 16.3 Å². The molecule has 2 heterocycles. The molecular formula is C24H20ClNO4S. The number of hydrogen-bond acceptors (Lipinski definition) is 5. The Labute approximate surface area is 189 Å². The molecule has 0 aliphatic carbocycles. The molecule has 1 N–H and O–H groups in total. The lowest BCUT2D eigenvalue weighted by Crippen LogP contribution is -2.29. The summed E-state index contributed by atoms with van der Waals surface area (Å²) in [6.45, 7) is 3.80. The van der Waals surface area contributed by atoms with Crippen LogP contribution in [0.4, 0.5) is 5.69 Å². The largest absolute Gasteiger partial charge is 0.507 e. The predicted octanol–water partition coefficient (Wildman–Crippen LogP) is 5.65. The smallest absolute Gasteiger partial charge is 0.300 e. The van der Waals surface area contributed by atoms with E-state index in [1.807, 2.05) is 31.4 Å². The maximum atomic E-state index is 13.2. The molecule has 0 saturated carbocycles. The molecule has 158 valence electrons. The first kappa shape index (κ1) is 21.2. The fourth-order valence-corrected chi connectivity index (χ4v) is 4.92. The number of benzene rings is 2. The highest BCUT2D eigenvalue weighted by Crippen LogP contribution is 2.45. The number of aryl methyl sites for hydroxylation is 2. The number of carbonyl (C=O) groups excluding carboxylic acids is 2. The molecule has 31 heavy (non-hydrogen) atoms. The summed E-state index contributed by atoms with van der Waals surface area (Å²) in [6, 6.07) is 13.2. The van der Waals surface area contributed by atoms with E-state index in [2.05, 4.69) is 0 Å². The van der Waals surface area contributed by atoms with Crippen molar-refractivity contribution in [3.05, 3.63) is 86.1 Å². The van der Waals surface area contributed by atoms with E-state index in [0.29, 0.717) is 22.0 Å². The maximum Gasteiger partial charge on any atom is 0.300 e. The van der Waals surface area contributed by atoms with Gasteiger partial charge in [0.05, 0.1) is 18.2 Å². The predicted molar refractivity (Wildman–Crippen MR) is 123 cm³/mol. The number of halogens is 1. The van der Waals surface area contributed by atoms with Crippen LogP contribution in [-0.4, -0.2) is 23.9 Å². The van der Waals surface area contributed by atoms with Crippen molar-refractivity contribution in [2.24, 2.45) is 0 Å². The number of nitrogens with zero attached hydrogens (tertiary/aromatic N) is 1. The van der Waals surface area contributed by atoms with Gasteiger partial charge in [0.2, 0.25) is 0 Å². The number of methoxy groups -OCH3 is 1. The number of Topliss-reactive ketones (excluding diaryl/α,β-unsaturated/α-hetero) is 1. The highest BCUT2D eigenvalue weighted by molar-refractivity contribution is 7.10.